The minimum atomic E-state index is 0.750. The monoisotopic (exact) mass is 248 g/mol. The standard InChI is InChI=1S/C12H16N4S/c1-2-10(17-7-1)12-14-11(15-16-12)8-9-3-5-13-6-4-9/h1-2,7,9,13H,3-6,8H2,(H,14,15,16). The summed E-state index contributed by atoms with van der Waals surface area (Å²) in [6.45, 7) is 2.27. The molecule has 90 valence electrons. The average Bonchev–Trinajstić information content (AvgIpc) is 3.00. The van der Waals surface area contributed by atoms with Crippen LogP contribution in [-0.2, 0) is 6.42 Å². The molecule has 0 atom stereocenters. The highest BCUT2D eigenvalue weighted by Gasteiger charge is 2.16. The summed E-state index contributed by atoms with van der Waals surface area (Å²) in [5.74, 6) is 2.62. The molecule has 0 aromatic carbocycles. The van der Waals surface area contributed by atoms with Gasteiger partial charge in [0.2, 0.25) is 0 Å². The molecule has 1 saturated heterocycles. The van der Waals surface area contributed by atoms with E-state index in [4.69, 9.17) is 0 Å². The van der Waals surface area contributed by atoms with E-state index < -0.39 is 0 Å². The summed E-state index contributed by atoms with van der Waals surface area (Å²) >= 11 is 1.68. The van der Waals surface area contributed by atoms with Gasteiger partial charge in [0.1, 0.15) is 5.82 Å². The Kier molecular flexibility index (Phi) is 3.20. The van der Waals surface area contributed by atoms with E-state index in [-0.39, 0.29) is 0 Å². The topological polar surface area (TPSA) is 53.6 Å². The molecule has 1 fully saturated rings. The maximum Gasteiger partial charge on any atom is 0.191 e. The molecule has 3 rings (SSSR count). The predicted octanol–water partition coefficient (Wildman–Crippen LogP) is 2.08. The lowest BCUT2D eigenvalue weighted by Gasteiger charge is -2.21. The van der Waals surface area contributed by atoms with Gasteiger partial charge in [-0.3, -0.25) is 5.10 Å². The van der Waals surface area contributed by atoms with Crippen LogP contribution < -0.4 is 5.32 Å². The van der Waals surface area contributed by atoms with Gasteiger partial charge < -0.3 is 5.32 Å². The first-order chi connectivity index (χ1) is 8.42. The fourth-order valence-corrected chi connectivity index (χ4v) is 2.92. The zero-order chi connectivity index (χ0) is 11.5. The van der Waals surface area contributed by atoms with Gasteiger partial charge in [-0.2, -0.15) is 5.10 Å². The van der Waals surface area contributed by atoms with Crippen molar-refractivity contribution in [2.75, 3.05) is 13.1 Å². The number of hydrogen-bond donors (Lipinski definition) is 2. The Balaban J connectivity index is 1.68. The fourth-order valence-electron chi connectivity index (χ4n) is 2.26. The summed E-state index contributed by atoms with van der Waals surface area (Å²) in [5.41, 5.74) is 0. The fraction of sp³-hybridized carbons (Fsp3) is 0.500. The zero-order valence-electron chi connectivity index (χ0n) is 9.65. The number of thiophene rings is 1. The van der Waals surface area contributed by atoms with E-state index >= 15 is 0 Å². The number of piperidine rings is 1. The van der Waals surface area contributed by atoms with Gasteiger partial charge >= 0.3 is 0 Å². The van der Waals surface area contributed by atoms with E-state index in [9.17, 15) is 0 Å². The highest BCUT2D eigenvalue weighted by Crippen LogP contribution is 2.22. The second kappa shape index (κ2) is 4.98. The van der Waals surface area contributed by atoms with Crippen LogP contribution in [0.4, 0.5) is 0 Å². The molecule has 5 heteroatoms. The minimum absolute atomic E-state index is 0.750. The molecule has 0 amide bonds. The first-order valence-electron chi connectivity index (χ1n) is 6.08. The van der Waals surface area contributed by atoms with Crippen LogP contribution in [0.3, 0.4) is 0 Å². The lowest BCUT2D eigenvalue weighted by molar-refractivity contribution is 0.367. The second-order valence-corrected chi connectivity index (χ2v) is 5.43. The summed E-state index contributed by atoms with van der Waals surface area (Å²) in [7, 11) is 0. The van der Waals surface area contributed by atoms with Gasteiger partial charge in [-0.25, -0.2) is 4.98 Å². The third kappa shape index (κ3) is 2.56. The van der Waals surface area contributed by atoms with Crippen molar-refractivity contribution in [3.63, 3.8) is 0 Å². The van der Waals surface area contributed by atoms with Crippen molar-refractivity contribution < 1.29 is 0 Å². The van der Waals surface area contributed by atoms with Crippen LogP contribution in [0.15, 0.2) is 17.5 Å². The van der Waals surface area contributed by atoms with Crippen molar-refractivity contribution in [1.29, 1.82) is 0 Å². The molecule has 0 saturated carbocycles. The van der Waals surface area contributed by atoms with Gasteiger partial charge in [-0.15, -0.1) is 11.3 Å². The van der Waals surface area contributed by atoms with Crippen LogP contribution in [0.25, 0.3) is 10.7 Å². The first kappa shape index (κ1) is 10.9. The molecule has 1 aliphatic heterocycles. The molecular weight excluding hydrogens is 232 g/mol. The SMILES string of the molecule is c1csc(-c2n[nH]c(CC3CCNCC3)n2)c1. The molecule has 4 nitrogen and oxygen atoms in total. The Morgan fingerprint density at radius 2 is 2.24 bits per heavy atom. The number of nitrogens with zero attached hydrogens (tertiary/aromatic N) is 2. The molecule has 0 unspecified atom stereocenters. The molecule has 17 heavy (non-hydrogen) atoms. The van der Waals surface area contributed by atoms with Crippen molar-refractivity contribution in [3.8, 4) is 10.7 Å². The van der Waals surface area contributed by atoms with Crippen LogP contribution in [0, 0.1) is 5.92 Å². The largest absolute Gasteiger partial charge is 0.317 e. The summed E-state index contributed by atoms with van der Waals surface area (Å²) in [4.78, 5) is 5.71. The summed E-state index contributed by atoms with van der Waals surface area (Å²) in [5, 5.41) is 12.8. The Morgan fingerprint density at radius 1 is 1.35 bits per heavy atom. The van der Waals surface area contributed by atoms with Crippen molar-refractivity contribution in [1.82, 2.24) is 20.5 Å². The van der Waals surface area contributed by atoms with E-state index in [0.717, 1.165) is 42.0 Å². The number of H-pyrrole nitrogens is 1. The van der Waals surface area contributed by atoms with Gasteiger partial charge in [-0.1, -0.05) is 6.07 Å². The highest BCUT2D eigenvalue weighted by atomic mass is 32.1. The third-order valence-electron chi connectivity index (χ3n) is 3.21. The quantitative estimate of drug-likeness (QED) is 0.874. The Labute approximate surface area is 104 Å². The van der Waals surface area contributed by atoms with Gasteiger partial charge in [0.05, 0.1) is 4.88 Å². The molecule has 2 aromatic heterocycles. The number of nitrogens with one attached hydrogen (secondary N) is 2. The number of aromatic nitrogens is 3. The maximum atomic E-state index is 4.57. The van der Waals surface area contributed by atoms with Gasteiger partial charge in [-0.05, 0) is 43.3 Å². The molecule has 2 N–H and O–H groups in total. The molecule has 0 radical (unpaired) electrons. The Hall–Kier alpha value is -1.20. The van der Waals surface area contributed by atoms with Crippen molar-refractivity contribution in [2.45, 2.75) is 19.3 Å². The molecule has 3 heterocycles. The number of hydrogen-bond acceptors (Lipinski definition) is 4. The van der Waals surface area contributed by atoms with Crippen molar-refractivity contribution in [2.24, 2.45) is 5.92 Å². The maximum absolute atomic E-state index is 4.57. The summed E-state index contributed by atoms with van der Waals surface area (Å²) in [6.07, 6.45) is 3.52. The van der Waals surface area contributed by atoms with Crippen LogP contribution in [0.5, 0.6) is 0 Å². The van der Waals surface area contributed by atoms with Gasteiger partial charge in [0.25, 0.3) is 0 Å². The van der Waals surface area contributed by atoms with E-state index in [1.54, 1.807) is 11.3 Å². The van der Waals surface area contributed by atoms with Crippen LogP contribution >= 0.6 is 11.3 Å². The normalized spacial score (nSPS) is 17.4. The average molecular weight is 248 g/mol. The van der Waals surface area contributed by atoms with E-state index in [0.29, 0.717) is 0 Å². The third-order valence-corrected chi connectivity index (χ3v) is 4.08. The van der Waals surface area contributed by atoms with Gasteiger partial charge in [0, 0.05) is 6.42 Å². The number of rotatable bonds is 3. The van der Waals surface area contributed by atoms with E-state index in [1.807, 2.05) is 6.07 Å². The molecule has 0 aliphatic carbocycles. The zero-order valence-corrected chi connectivity index (χ0v) is 10.5. The van der Waals surface area contributed by atoms with E-state index in [2.05, 4.69) is 31.9 Å². The van der Waals surface area contributed by atoms with Crippen LogP contribution in [-0.4, -0.2) is 28.3 Å². The summed E-state index contributed by atoms with van der Waals surface area (Å²) in [6, 6.07) is 4.09. The molecule has 0 spiro atoms. The number of aromatic amines is 1. The highest BCUT2D eigenvalue weighted by molar-refractivity contribution is 7.13. The molecular formula is C12H16N4S. The second-order valence-electron chi connectivity index (χ2n) is 4.48. The summed E-state index contributed by atoms with van der Waals surface area (Å²) < 4.78 is 0. The van der Waals surface area contributed by atoms with Crippen LogP contribution in [0.2, 0.25) is 0 Å². The lowest BCUT2D eigenvalue weighted by Crippen LogP contribution is -2.28. The van der Waals surface area contributed by atoms with E-state index in [1.165, 1.54) is 12.8 Å². The first-order valence-corrected chi connectivity index (χ1v) is 6.95. The molecule has 2 aromatic rings. The minimum Gasteiger partial charge on any atom is -0.317 e. The van der Waals surface area contributed by atoms with Crippen LogP contribution in [0.1, 0.15) is 18.7 Å². The molecule has 1 aliphatic rings. The van der Waals surface area contributed by atoms with Crippen molar-refractivity contribution >= 4 is 11.3 Å². The lowest BCUT2D eigenvalue weighted by atomic mass is 9.94. The Bertz CT molecular complexity index is 457. The van der Waals surface area contributed by atoms with Gasteiger partial charge in [0.15, 0.2) is 5.82 Å². The Morgan fingerprint density at radius 3 is 3.00 bits per heavy atom. The van der Waals surface area contributed by atoms with Crippen molar-refractivity contribution in [3.05, 3.63) is 23.3 Å². The smallest absolute Gasteiger partial charge is 0.191 e. The molecule has 0 bridgehead atoms. The predicted molar refractivity (Wildman–Crippen MR) is 69.0 cm³/mol.